The maximum Gasteiger partial charge on any atom is 0.0577 e. The van der Waals surface area contributed by atoms with E-state index in [1.807, 2.05) is 6.20 Å². The summed E-state index contributed by atoms with van der Waals surface area (Å²) >= 11 is 0. The Morgan fingerprint density at radius 1 is 1.14 bits per heavy atom. The first-order chi connectivity index (χ1) is 13.5. The zero-order valence-corrected chi connectivity index (χ0v) is 17.7. The van der Waals surface area contributed by atoms with Gasteiger partial charge in [0.15, 0.2) is 0 Å². The molecule has 2 saturated carbocycles. The number of pyridine rings is 1. The van der Waals surface area contributed by atoms with E-state index in [0.29, 0.717) is 11.3 Å². The fourth-order valence-electron chi connectivity index (χ4n) is 7.74. The normalized spacial score (nSPS) is 44.8. The molecule has 4 aliphatic rings. The minimum atomic E-state index is -0.118. The summed E-state index contributed by atoms with van der Waals surface area (Å²) in [6.07, 6.45) is 17.1. The Kier molecular flexibility index (Phi) is 4.36. The van der Waals surface area contributed by atoms with Gasteiger partial charge in [-0.3, -0.25) is 4.98 Å². The first-order valence-electron chi connectivity index (χ1n) is 11.5. The second kappa shape index (κ2) is 6.55. The molecule has 1 heterocycles. The van der Waals surface area contributed by atoms with E-state index < -0.39 is 0 Å². The highest BCUT2D eigenvalue weighted by atomic mass is 16.3. The molecule has 0 unspecified atom stereocenters. The molecule has 150 valence electrons. The highest BCUT2D eigenvalue weighted by molar-refractivity contribution is 5.72. The molecular formula is C26H35NO. The Morgan fingerprint density at radius 3 is 2.71 bits per heavy atom. The number of nitrogens with zero attached hydrogens (tertiary/aromatic N) is 1. The molecule has 0 amide bonds. The average Bonchev–Trinajstić information content (AvgIpc) is 3.06. The van der Waals surface area contributed by atoms with Crippen LogP contribution in [0.5, 0.6) is 0 Å². The van der Waals surface area contributed by atoms with Crippen molar-refractivity contribution >= 4 is 5.57 Å². The van der Waals surface area contributed by atoms with Gasteiger partial charge in [-0.2, -0.15) is 0 Å². The third kappa shape index (κ3) is 2.53. The molecular weight excluding hydrogens is 342 g/mol. The van der Waals surface area contributed by atoms with Crippen LogP contribution in [0.15, 0.2) is 42.3 Å². The summed E-state index contributed by atoms with van der Waals surface area (Å²) in [6, 6.07) is 4.33. The molecule has 1 aromatic rings. The highest BCUT2D eigenvalue weighted by Gasteiger charge is 2.58. The summed E-state index contributed by atoms with van der Waals surface area (Å²) in [5, 5.41) is 10.3. The van der Waals surface area contributed by atoms with E-state index in [4.69, 9.17) is 0 Å². The number of aromatic nitrogens is 1. The average molecular weight is 378 g/mol. The molecule has 28 heavy (non-hydrogen) atoms. The molecule has 5 rings (SSSR count). The lowest BCUT2D eigenvalue weighted by molar-refractivity contribution is -0.0464. The van der Waals surface area contributed by atoms with Crippen LogP contribution in [0.1, 0.15) is 71.3 Å². The Bertz CT molecular complexity index is 811. The van der Waals surface area contributed by atoms with Crippen LogP contribution >= 0.6 is 0 Å². The SMILES string of the molecule is CC[C@H]1C=C2C[C@H](O)CC[C@]2(C)[C@H]2CC[C@]3(C)C(c4cccnc4)=CC[C@H]3[C@H]12. The highest BCUT2D eigenvalue weighted by Crippen LogP contribution is 2.67. The van der Waals surface area contributed by atoms with Gasteiger partial charge in [0.2, 0.25) is 0 Å². The lowest BCUT2D eigenvalue weighted by Gasteiger charge is -2.60. The molecule has 2 fully saturated rings. The maximum absolute atomic E-state index is 10.3. The predicted molar refractivity (Wildman–Crippen MR) is 114 cm³/mol. The summed E-state index contributed by atoms with van der Waals surface area (Å²) in [5.74, 6) is 2.97. The fraction of sp³-hybridized carbons (Fsp3) is 0.654. The van der Waals surface area contributed by atoms with Crippen LogP contribution in [-0.4, -0.2) is 16.2 Å². The standard InChI is InChI=1S/C26H35NO/c1-4-17-14-19-15-20(28)9-11-25(19,2)23-10-12-26(3)21(7-8-22(26)24(17)23)18-6-5-13-27-16-18/h5-7,13-14,16-17,20,22-24,28H,4,8-12,15H2,1-3H3/t17-,20+,22-,23-,24-,25-,26+/m0/s1. The molecule has 0 saturated heterocycles. The summed E-state index contributed by atoms with van der Waals surface area (Å²) in [4.78, 5) is 4.41. The van der Waals surface area contributed by atoms with Crippen LogP contribution < -0.4 is 0 Å². The van der Waals surface area contributed by atoms with E-state index in [1.165, 1.54) is 37.7 Å². The topological polar surface area (TPSA) is 33.1 Å². The van der Waals surface area contributed by atoms with Crippen molar-refractivity contribution in [2.24, 2.45) is 34.5 Å². The summed E-state index contributed by atoms with van der Waals surface area (Å²) < 4.78 is 0. The van der Waals surface area contributed by atoms with Crippen LogP contribution in [0.3, 0.4) is 0 Å². The number of fused-ring (bicyclic) bond motifs is 5. The second-order valence-electron chi connectivity index (χ2n) is 10.4. The number of rotatable bonds is 2. The van der Waals surface area contributed by atoms with Gasteiger partial charge < -0.3 is 5.11 Å². The van der Waals surface area contributed by atoms with E-state index in [1.54, 1.807) is 11.1 Å². The lowest BCUT2D eigenvalue weighted by atomic mass is 9.45. The molecule has 0 aromatic carbocycles. The minimum Gasteiger partial charge on any atom is -0.393 e. The largest absolute Gasteiger partial charge is 0.393 e. The molecule has 4 aliphatic carbocycles. The number of aliphatic hydroxyl groups is 1. The van der Waals surface area contributed by atoms with Crippen molar-refractivity contribution in [3.63, 3.8) is 0 Å². The van der Waals surface area contributed by atoms with Crippen LogP contribution in [0.25, 0.3) is 5.57 Å². The molecule has 0 radical (unpaired) electrons. The van der Waals surface area contributed by atoms with Gasteiger partial charge in [-0.05, 0) is 96.7 Å². The molecule has 0 bridgehead atoms. The van der Waals surface area contributed by atoms with E-state index in [2.05, 4.69) is 56.2 Å². The Hall–Kier alpha value is -1.41. The first kappa shape index (κ1) is 18.6. The monoisotopic (exact) mass is 377 g/mol. The first-order valence-corrected chi connectivity index (χ1v) is 11.5. The van der Waals surface area contributed by atoms with Crippen molar-refractivity contribution in [2.75, 3.05) is 0 Å². The van der Waals surface area contributed by atoms with Gasteiger partial charge in [-0.25, -0.2) is 0 Å². The number of hydrogen-bond donors (Lipinski definition) is 1. The second-order valence-corrected chi connectivity index (χ2v) is 10.4. The van der Waals surface area contributed by atoms with Gasteiger partial charge in [0, 0.05) is 12.4 Å². The number of allylic oxidation sites excluding steroid dienone is 3. The van der Waals surface area contributed by atoms with Crippen molar-refractivity contribution in [3.8, 4) is 0 Å². The van der Waals surface area contributed by atoms with E-state index in [-0.39, 0.29) is 11.5 Å². The predicted octanol–water partition coefficient (Wildman–Crippen LogP) is 6.03. The Morgan fingerprint density at radius 2 is 1.96 bits per heavy atom. The third-order valence-corrected chi connectivity index (χ3v) is 9.27. The van der Waals surface area contributed by atoms with Gasteiger partial charge in [-0.1, -0.05) is 44.6 Å². The zero-order chi connectivity index (χ0) is 19.5. The molecule has 1 aromatic heterocycles. The molecule has 1 N–H and O–H groups in total. The molecule has 2 nitrogen and oxygen atoms in total. The van der Waals surface area contributed by atoms with Crippen LogP contribution in [0.4, 0.5) is 0 Å². The number of hydrogen-bond acceptors (Lipinski definition) is 2. The van der Waals surface area contributed by atoms with Gasteiger partial charge in [0.05, 0.1) is 6.10 Å². The van der Waals surface area contributed by atoms with E-state index in [0.717, 1.165) is 30.6 Å². The van der Waals surface area contributed by atoms with Crippen molar-refractivity contribution in [3.05, 3.63) is 47.8 Å². The molecule has 2 heteroatoms. The van der Waals surface area contributed by atoms with Crippen molar-refractivity contribution < 1.29 is 5.11 Å². The number of aliphatic hydroxyl groups excluding tert-OH is 1. The third-order valence-electron chi connectivity index (χ3n) is 9.27. The fourth-order valence-corrected chi connectivity index (χ4v) is 7.74. The molecule has 7 atom stereocenters. The quantitative estimate of drug-likeness (QED) is 0.638. The van der Waals surface area contributed by atoms with Crippen molar-refractivity contribution in [1.29, 1.82) is 0 Å². The summed E-state index contributed by atoms with van der Waals surface area (Å²) in [6.45, 7) is 7.44. The Balaban J connectivity index is 1.53. The maximum atomic E-state index is 10.3. The molecule has 0 aliphatic heterocycles. The van der Waals surface area contributed by atoms with E-state index >= 15 is 0 Å². The van der Waals surface area contributed by atoms with Gasteiger partial charge in [0.1, 0.15) is 0 Å². The van der Waals surface area contributed by atoms with Gasteiger partial charge in [0.25, 0.3) is 0 Å². The van der Waals surface area contributed by atoms with Gasteiger partial charge >= 0.3 is 0 Å². The zero-order valence-electron chi connectivity index (χ0n) is 17.7. The van der Waals surface area contributed by atoms with Crippen molar-refractivity contribution in [1.82, 2.24) is 4.98 Å². The molecule has 0 spiro atoms. The summed E-state index contributed by atoms with van der Waals surface area (Å²) in [5.41, 5.74) is 5.07. The minimum absolute atomic E-state index is 0.118. The van der Waals surface area contributed by atoms with Crippen LogP contribution in [-0.2, 0) is 0 Å². The Labute approximate surface area is 170 Å². The van der Waals surface area contributed by atoms with Crippen molar-refractivity contribution in [2.45, 2.75) is 71.8 Å². The smallest absolute Gasteiger partial charge is 0.0577 e. The van der Waals surface area contributed by atoms with E-state index in [9.17, 15) is 5.11 Å². The lowest BCUT2D eigenvalue weighted by Crippen LogP contribution is -2.52. The van der Waals surface area contributed by atoms with Crippen LogP contribution in [0.2, 0.25) is 0 Å². The van der Waals surface area contributed by atoms with Crippen LogP contribution in [0, 0.1) is 34.5 Å². The summed E-state index contributed by atoms with van der Waals surface area (Å²) in [7, 11) is 0. The van der Waals surface area contributed by atoms with Gasteiger partial charge in [-0.15, -0.1) is 0 Å².